The van der Waals surface area contributed by atoms with Gasteiger partial charge in [0.1, 0.15) is 0 Å². The predicted molar refractivity (Wildman–Crippen MR) is 106 cm³/mol. The van der Waals surface area contributed by atoms with E-state index in [1.54, 1.807) is 30.5 Å². The number of amides is 2. The molecule has 0 spiro atoms. The van der Waals surface area contributed by atoms with Gasteiger partial charge in [0.2, 0.25) is 11.8 Å². The summed E-state index contributed by atoms with van der Waals surface area (Å²) in [7, 11) is 0. The van der Waals surface area contributed by atoms with E-state index in [9.17, 15) is 9.59 Å². The predicted octanol–water partition coefficient (Wildman–Crippen LogP) is 4.01. The van der Waals surface area contributed by atoms with Gasteiger partial charge in [0.25, 0.3) is 0 Å². The zero-order valence-electron chi connectivity index (χ0n) is 15.1. The summed E-state index contributed by atoms with van der Waals surface area (Å²) >= 11 is 0. The third-order valence-corrected chi connectivity index (χ3v) is 4.13. The van der Waals surface area contributed by atoms with Crippen molar-refractivity contribution in [1.29, 1.82) is 0 Å². The molecule has 2 amide bonds. The molecule has 0 aliphatic heterocycles. The summed E-state index contributed by atoms with van der Waals surface area (Å²) in [5, 5.41) is 5.67. The number of hydrogen-bond acceptors (Lipinski definition) is 3. The van der Waals surface area contributed by atoms with Gasteiger partial charge in [-0.25, -0.2) is 0 Å². The number of hydrogen-bond donors (Lipinski definition) is 2. The molecule has 2 aromatic carbocycles. The van der Waals surface area contributed by atoms with Gasteiger partial charge in [0, 0.05) is 36.6 Å². The van der Waals surface area contributed by atoms with E-state index in [0.717, 1.165) is 11.3 Å². The first-order valence-corrected chi connectivity index (χ1v) is 8.75. The molecular formula is C22H21N3O2. The molecule has 1 aromatic heterocycles. The molecule has 1 atom stereocenters. The van der Waals surface area contributed by atoms with E-state index in [1.807, 2.05) is 48.5 Å². The first-order chi connectivity index (χ1) is 13.1. The molecule has 0 bridgehead atoms. The van der Waals surface area contributed by atoms with E-state index in [-0.39, 0.29) is 17.7 Å². The molecule has 0 aliphatic rings. The molecule has 0 saturated heterocycles. The fourth-order valence-corrected chi connectivity index (χ4v) is 2.84. The average molecular weight is 359 g/mol. The Morgan fingerprint density at radius 2 is 1.48 bits per heavy atom. The fourth-order valence-electron chi connectivity index (χ4n) is 2.84. The van der Waals surface area contributed by atoms with Crippen LogP contribution in [0.2, 0.25) is 0 Å². The Morgan fingerprint density at radius 3 is 2.07 bits per heavy atom. The highest BCUT2D eigenvalue weighted by Gasteiger charge is 2.21. The summed E-state index contributed by atoms with van der Waals surface area (Å²) in [5.41, 5.74) is 3.17. The molecule has 3 rings (SSSR count). The van der Waals surface area contributed by atoms with Crippen molar-refractivity contribution in [2.75, 3.05) is 10.6 Å². The van der Waals surface area contributed by atoms with Gasteiger partial charge < -0.3 is 10.6 Å². The van der Waals surface area contributed by atoms with Crippen molar-refractivity contribution < 1.29 is 9.59 Å². The van der Waals surface area contributed by atoms with Gasteiger partial charge >= 0.3 is 0 Å². The van der Waals surface area contributed by atoms with E-state index >= 15 is 0 Å². The maximum Gasteiger partial charge on any atom is 0.232 e. The highest BCUT2D eigenvalue weighted by Crippen LogP contribution is 2.23. The van der Waals surface area contributed by atoms with Crippen LogP contribution in [0.1, 0.15) is 24.1 Å². The molecule has 2 N–H and O–H groups in total. The number of nitrogens with zero attached hydrogens (tertiary/aromatic N) is 1. The number of carbonyl (C=O) groups excluding carboxylic acids is 2. The monoisotopic (exact) mass is 359 g/mol. The van der Waals surface area contributed by atoms with Crippen LogP contribution < -0.4 is 10.6 Å². The summed E-state index contributed by atoms with van der Waals surface area (Å²) in [6.45, 7) is 1.46. The largest absolute Gasteiger partial charge is 0.326 e. The minimum absolute atomic E-state index is 0.0980. The molecule has 3 aromatic rings. The molecule has 0 aliphatic carbocycles. The Bertz CT molecular complexity index is 894. The second-order valence-electron chi connectivity index (χ2n) is 6.24. The van der Waals surface area contributed by atoms with Crippen molar-refractivity contribution >= 4 is 23.2 Å². The average Bonchev–Trinajstić information content (AvgIpc) is 2.68. The van der Waals surface area contributed by atoms with Crippen LogP contribution in [-0.4, -0.2) is 16.8 Å². The van der Waals surface area contributed by atoms with Crippen LogP contribution in [0.25, 0.3) is 0 Å². The Kier molecular flexibility index (Phi) is 5.94. The minimum atomic E-state index is -0.351. The van der Waals surface area contributed by atoms with Crippen molar-refractivity contribution in [3.8, 4) is 0 Å². The highest BCUT2D eigenvalue weighted by molar-refractivity contribution is 5.96. The number of rotatable bonds is 6. The normalized spacial score (nSPS) is 11.4. The molecule has 27 heavy (non-hydrogen) atoms. The van der Waals surface area contributed by atoms with Gasteiger partial charge in [-0.15, -0.1) is 0 Å². The maximum atomic E-state index is 13.0. The molecule has 0 fully saturated rings. The smallest absolute Gasteiger partial charge is 0.232 e. The Balaban J connectivity index is 1.77. The van der Waals surface area contributed by atoms with Crippen LogP contribution >= 0.6 is 0 Å². The molecule has 0 radical (unpaired) electrons. The first-order valence-electron chi connectivity index (χ1n) is 8.75. The Morgan fingerprint density at radius 1 is 0.852 bits per heavy atom. The van der Waals surface area contributed by atoms with Gasteiger partial charge in [0.05, 0.1) is 5.92 Å². The highest BCUT2D eigenvalue weighted by atomic mass is 16.2. The summed E-state index contributed by atoms with van der Waals surface area (Å²) in [5.74, 6) is -0.582. The molecule has 5 nitrogen and oxygen atoms in total. The Hall–Kier alpha value is -3.47. The lowest BCUT2D eigenvalue weighted by Crippen LogP contribution is -2.23. The van der Waals surface area contributed by atoms with Crippen LogP contribution in [-0.2, 0) is 16.0 Å². The minimum Gasteiger partial charge on any atom is -0.326 e. The second kappa shape index (κ2) is 8.76. The number of nitrogens with one attached hydrogen (secondary N) is 2. The van der Waals surface area contributed by atoms with Crippen molar-refractivity contribution in [2.24, 2.45) is 0 Å². The molecule has 1 heterocycles. The second-order valence-corrected chi connectivity index (χ2v) is 6.24. The van der Waals surface area contributed by atoms with Crippen LogP contribution in [0.5, 0.6) is 0 Å². The zero-order valence-corrected chi connectivity index (χ0v) is 15.1. The standard InChI is InChI=1S/C22H21N3O2/c1-16(26)24-18-10-12-19(13-11-18)25-22(27)21(17-7-3-2-4-8-17)15-20-9-5-6-14-23-20/h2-14,21H,15H2,1H3,(H,24,26)(H,25,27). The number of carbonyl (C=O) groups is 2. The molecule has 136 valence electrons. The third-order valence-electron chi connectivity index (χ3n) is 4.13. The first kappa shape index (κ1) is 18.3. The van der Waals surface area contributed by atoms with Crippen LogP contribution in [0.4, 0.5) is 11.4 Å². The summed E-state index contributed by atoms with van der Waals surface area (Å²) < 4.78 is 0. The van der Waals surface area contributed by atoms with Crippen LogP contribution in [0.15, 0.2) is 79.0 Å². The Labute approximate surface area is 158 Å². The van der Waals surface area contributed by atoms with E-state index in [0.29, 0.717) is 17.8 Å². The van der Waals surface area contributed by atoms with E-state index in [4.69, 9.17) is 0 Å². The van der Waals surface area contributed by atoms with Crippen LogP contribution in [0.3, 0.4) is 0 Å². The molecule has 1 unspecified atom stereocenters. The van der Waals surface area contributed by atoms with Gasteiger partial charge in [-0.2, -0.15) is 0 Å². The van der Waals surface area contributed by atoms with Crippen LogP contribution in [0, 0.1) is 0 Å². The number of pyridine rings is 1. The van der Waals surface area contributed by atoms with Crippen molar-refractivity contribution in [2.45, 2.75) is 19.3 Å². The third kappa shape index (κ3) is 5.25. The SMILES string of the molecule is CC(=O)Nc1ccc(NC(=O)C(Cc2ccccn2)c2ccccc2)cc1. The van der Waals surface area contributed by atoms with E-state index in [1.165, 1.54) is 6.92 Å². The van der Waals surface area contributed by atoms with Gasteiger partial charge in [-0.3, -0.25) is 14.6 Å². The van der Waals surface area contributed by atoms with Crippen molar-refractivity contribution in [3.05, 3.63) is 90.3 Å². The number of anilines is 2. The maximum absolute atomic E-state index is 13.0. The van der Waals surface area contributed by atoms with Crippen molar-refractivity contribution in [3.63, 3.8) is 0 Å². The molecular weight excluding hydrogens is 338 g/mol. The number of aromatic nitrogens is 1. The van der Waals surface area contributed by atoms with Gasteiger partial charge in [-0.05, 0) is 42.0 Å². The lowest BCUT2D eigenvalue weighted by molar-refractivity contribution is -0.117. The van der Waals surface area contributed by atoms with E-state index in [2.05, 4.69) is 15.6 Å². The molecule has 5 heteroatoms. The van der Waals surface area contributed by atoms with Gasteiger partial charge in [0.15, 0.2) is 0 Å². The summed E-state index contributed by atoms with van der Waals surface area (Å²) in [6, 6.07) is 22.4. The fraction of sp³-hybridized carbons (Fsp3) is 0.136. The zero-order chi connectivity index (χ0) is 19.1. The summed E-state index contributed by atoms with van der Waals surface area (Å²) in [4.78, 5) is 28.4. The van der Waals surface area contributed by atoms with E-state index < -0.39 is 0 Å². The quantitative estimate of drug-likeness (QED) is 0.699. The summed E-state index contributed by atoms with van der Waals surface area (Å²) in [6.07, 6.45) is 2.25. The van der Waals surface area contributed by atoms with Crippen molar-refractivity contribution in [1.82, 2.24) is 4.98 Å². The lowest BCUT2D eigenvalue weighted by atomic mass is 9.93. The van der Waals surface area contributed by atoms with Gasteiger partial charge in [-0.1, -0.05) is 36.4 Å². The lowest BCUT2D eigenvalue weighted by Gasteiger charge is -2.17. The molecule has 0 saturated carbocycles. The number of benzene rings is 2. The topological polar surface area (TPSA) is 71.1 Å².